The van der Waals surface area contributed by atoms with E-state index in [-0.39, 0.29) is 0 Å². The Morgan fingerprint density at radius 1 is 1.38 bits per heavy atom. The number of fused-ring (bicyclic) bond motifs is 1. The van der Waals surface area contributed by atoms with Gasteiger partial charge >= 0.3 is 0 Å². The first-order valence-corrected chi connectivity index (χ1v) is 5.92. The molecular formula is C12H19N3O. The van der Waals surface area contributed by atoms with E-state index in [2.05, 4.69) is 22.2 Å². The van der Waals surface area contributed by atoms with Crippen LogP contribution in [0.25, 0.3) is 0 Å². The highest BCUT2D eigenvalue weighted by Crippen LogP contribution is 2.17. The Balaban J connectivity index is 2.35. The van der Waals surface area contributed by atoms with E-state index in [0.717, 1.165) is 38.2 Å². The number of ether oxygens (including phenoxy) is 1. The van der Waals surface area contributed by atoms with Gasteiger partial charge in [0.2, 0.25) is 0 Å². The van der Waals surface area contributed by atoms with Gasteiger partial charge in [0.25, 0.3) is 0 Å². The zero-order chi connectivity index (χ0) is 11.4. The molecule has 2 rings (SSSR count). The van der Waals surface area contributed by atoms with Crippen LogP contribution >= 0.6 is 0 Å². The summed E-state index contributed by atoms with van der Waals surface area (Å²) in [6.45, 7) is 4.62. The van der Waals surface area contributed by atoms with Crippen LogP contribution in [0.1, 0.15) is 36.1 Å². The van der Waals surface area contributed by atoms with E-state index in [4.69, 9.17) is 4.74 Å². The van der Waals surface area contributed by atoms with Crippen molar-refractivity contribution in [1.29, 1.82) is 0 Å². The Kier molecular flexibility index (Phi) is 3.85. The lowest BCUT2D eigenvalue weighted by Crippen LogP contribution is -2.27. The second-order valence-corrected chi connectivity index (χ2v) is 4.12. The van der Waals surface area contributed by atoms with Crippen molar-refractivity contribution < 1.29 is 4.74 Å². The van der Waals surface area contributed by atoms with Gasteiger partial charge in [-0.05, 0) is 6.42 Å². The summed E-state index contributed by atoms with van der Waals surface area (Å²) in [6.07, 6.45) is 3.16. The third-order valence-corrected chi connectivity index (χ3v) is 2.83. The molecule has 0 aromatic carbocycles. The molecule has 0 unspecified atom stereocenters. The minimum absolute atomic E-state index is 0.511. The molecule has 1 aliphatic rings. The van der Waals surface area contributed by atoms with Gasteiger partial charge in [-0.2, -0.15) is 0 Å². The summed E-state index contributed by atoms with van der Waals surface area (Å²) < 4.78 is 5.11. The number of nitrogens with zero attached hydrogens (tertiary/aromatic N) is 2. The molecule has 0 fully saturated rings. The lowest BCUT2D eigenvalue weighted by molar-refractivity contribution is 0.177. The molecule has 0 bridgehead atoms. The number of hydrogen-bond acceptors (Lipinski definition) is 4. The van der Waals surface area contributed by atoms with Gasteiger partial charge in [0.05, 0.1) is 5.69 Å². The van der Waals surface area contributed by atoms with E-state index in [1.165, 1.54) is 17.0 Å². The molecular weight excluding hydrogens is 202 g/mol. The molecule has 88 valence electrons. The third kappa shape index (κ3) is 2.39. The first-order chi connectivity index (χ1) is 7.85. The van der Waals surface area contributed by atoms with Gasteiger partial charge in [0, 0.05) is 37.9 Å². The highest BCUT2D eigenvalue weighted by Gasteiger charge is 2.16. The number of nitrogens with one attached hydrogen (secondary N) is 1. The van der Waals surface area contributed by atoms with Crippen LogP contribution in [0.2, 0.25) is 0 Å². The van der Waals surface area contributed by atoms with Crippen molar-refractivity contribution >= 4 is 0 Å². The van der Waals surface area contributed by atoms with Crippen molar-refractivity contribution in [3.05, 3.63) is 22.8 Å². The molecule has 0 atom stereocenters. The second kappa shape index (κ2) is 5.37. The summed E-state index contributed by atoms with van der Waals surface area (Å²) >= 11 is 0. The summed E-state index contributed by atoms with van der Waals surface area (Å²) in [5, 5.41) is 3.38. The Labute approximate surface area is 96.4 Å². The second-order valence-electron chi connectivity index (χ2n) is 4.12. The van der Waals surface area contributed by atoms with Crippen LogP contribution in [-0.2, 0) is 30.7 Å². The summed E-state index contributed by atoms with van der Waals surface area (Å²) in [7, 11) is 1.68. The molecule has 0 saturated heterocycles. The fourth-order valence-corrected chi connectivity index (χ4v) is 2.11. The summed E-state index contributed by atoms with van der Waals surface area (Å²) in [5.74, 6) is 0.826. The van der Waals surface area contributed by atoms with Gasteiger partial charge in [-0.25, -0.2) is 9.97 Å². The molecule has 1 N–H and O–H groups in total. The number of aryl methyl sites for hydroxylation is 1. The van der Waals surface area contributed by atoms with Crippen LogP contribution in [0.3, 0.4) is 0 Å². The van der Waals surface area contributed by atoms with E-state index in [9.17, 15) is 0 Å². The van der Waals surface area contributed by atoms with E-state index >= 15 is 0 Å². The molecule has 0 spiro atoms. The molecule has 1 aromatic rings. The monoisotopic (exact) mass is 221 g/mol. The number of methoxy groups -OCH3 is 1. The maximum absolute atomic E-state index is 5.11. The minimum Gasteiger partial charge on any atom is -0.377 e. The van der Waals surface area contributed by atoms with Gasteiger partial charge < -0.3 is 10.1 Å². The van der Waals surface area contributed by atoms with Gasteiger partial charge in [-0.15, -0.1) is 0 Å². The molecule has 1 aromatic heterocycles. The van der Waals surface area contributed by atoms with Gasteiger partial charge in [0.15, 0.2) is 5.82 Å². The standard InChI is InChI=1S/C12H19N3O/c1-3-4-10-9-7-13-6-5-11(9)15-12(14-10)8-16-2/h13H,3-8H2,1-2H3. The fourth-order valence-electron chi connectivity index (χ4n) is 2.11. The number of aromatic nitrogens is 2. The maximum atomic E-state index is 5.11. The van der Waals surface area contributed by atoms with Crippen molar-refractivity contribution in [3.63, 3.8) is 0 Å². The molecule has 2 heterocycles. The number of hydrogen-bond donors (Lipinski definition) is 1. The predicted octanol–water partition coefficient (Wildman–Crippen LogP) is 1.22. The van der Waals surface area contributed by atoms with Crippen molar-refractivity contribution in [3.8, 4) is 0 Å². The molecule has 0 amide bonds. The van der Waals surface area contributed by atoms with Crippen molar-refractivity contribution in [2.75, 3.05) is 13.7 Å². The summed E-state index contributed by atoms with van der Waals surface area (Å²) in [5.41, 5.74) is 3.73. The highest BCUT2D eigenvalue weighted by molar-refractivity contribution is 5.28. The van der Waals surface area contributed by atoms with Crippen LogP contribution in [0.5, 0.6) is 0 Å². The molecule has 1 aliphatic heterocycles. The van der Waals surface area contributed by atoms with E-state index in [1.807, 2.05) is 0 Å². The Morgan fingerprint density at radius 3 is 3.00 bits per heavy atom. The molecule has 0 saturated carbocycles. The van der Waals surface area contributed by atoms with E-state index in [1.54, 1.807) is 7.11 Å². The summed E-state index contributed by atoms with van der Waals surface area (Å²) in [4.78, 5) is 9.16. The first kappa shape index (κ1) is 11.5. The minimum atomic E-state index is 0.511. The largest absolute Gasteiger partial charge is 0.377 e. The molecule has 4 heteroatoms. The first-order valence-electron chi connectivity index (χ1n) is 5.92. The normalized spacial score (nSPS) is 14.9. The Hall–Kier alpha value is -1.00. The van der Waals surface area contributed by atoms with Crippen LogP contribution in [0, 0.1) is 0 Å². The predicted molar refractivity (Wildman–Crippen MR) is 62.2 cm³/mol. The van der Waals surface area contributed by atoms with Crippen LogP contribution in [-0.4, -0.2) is 23.6 Å². The maximum Gasteiger partial charge on any atom is 0.154 e. The highest BCUT2D eigenvalue weighted by atomic mass is 16.5. The lowest BCUT2D eigenvalue weighted by Gasteiger charge is -2.19. The fraction of sp³-hybridized carbons (Fsp3) is 0.667. The molecule has 0 aliphatic carbocycles. The quantitative estimate of drug-likeness (QED) is 0.830. The zero-order valence-electron chi connectivity index (χ0n) is 10.0. The van der Waals surface area contributed by atoms with Gasteiger partial charge in [-0.3, -0.25) is 0 Å². The number of rotatable bonds is 4. The molecule has 4 nitrogen and oxygen atoms in total. The molecule has 0 radical (unpaired) electrons. The Morgan fingerprint density at radius 2 is 2.25 bits per heavy atom. The Bertz CT molecular complexity index is 366. The SMILES string of the molecule is CCCc1nc(COC)nc2c1CNCC2. The summed E-state index contributed by atoms with van der Waals surface area (Å²) in [6, 6.07) is 0. The third-order valence-electron chi connectivity index (χ3n) is 2.83. The van der Waals surface area contributed by atoms with E-state index in [0.29, 0.717) is 6.61 Å². The van der Waals surface area contributed by atoms with Gasteiger partial charge in [0.1, 0.15) is 6.61 Å². The zero-order valence-corrected chi connectivity index (χ0v) is 10.0. The van der Waals surface area contributed by atoms with Crippen LogP contribution in [0.15, 0.2) is 0 Å². The smallest absolute Gasteiger partial charge is 0.154 e. The van der Waals surface area contributed by atoms with E-state index < -0.39 is 0 Å². The lowest BCUT2D eigenvalue weighted by atomic mass is 10.0. The van der Waals surface area contributed by atoms with Gasteiger partial charge in [-0.1, -0.05) is 13.3 Å². The van der Waals surface area contributed by atoms with Crippen molar-refractivity contribution in [2.45, 2.75) is 39.3 Å². The van der Waals surface area contributed by atoms with Crippen LogP contribution in [0.4, 0.5) is 0 Å². The van der Waals surface area contributed by atoms with Crippen molar-refractivity contribution in [2.24, 2.45) is 0 Å². The van der Waals surface area contributed by atoms with Crippen LogP contribution < -0.4 is 5.32 Å². The molecule has 16 heavy (non-hydrogen) atoms. The van der Waals surface area contributed by atoms with Crippen molar-refractivity contribution in [1.82, 2.24) is 15.3 Å². The topological polar surface area (TPSA) is 47.0 Å². The average Bonchev–Trinajstić information content (AvgIpc) is 2.30. The average molecular weight is 221 g/mol.